The normalized spacial score (nSPS) is 12.1. The third-order valence-corrected chi connectivity index (χ3v) is 2.78. The minimum Gasteiger partial charge on any atom is -0.480 e. The summed E-state index contributed by atoms with van der Waals surface area (Å²) in [6, 6.07) is 0. The number of rotatable bonds is 7. The molecule has 0 aliphatic heterocycles. The summed E-state index contributed by atoms with van der Waals surface area (Å²) in [6.45, 7) is 4.20. The largest absolute Gasteiger partial charge is 0.480 e. The van der Waals surface area contributed by atoms with Crippen LogP contribution >= 0.6 is 0 Å². The highest BCUT2D eigenvalue weighted by Crippen LogP contribution is 2.22. The van der Waals surface area contributed by atoms with Crippen molar-refractivity contribution in [3.8, 4) is 0 Å². The molecule has 0 atom stereocenters. The molecule has 0 spiro atoms. The standard InChI is InChI=1S/C14H21F3N4O4/c1-13(2,3)25-12(24)20(6-4-5-14(15,16)17)7-10-8-21(19-18-10)9-11(22)23/h8H,4-7,9H2,1-3H3,(H,22,23). The lowest BCUT2D eigenvalue weighted by molar-refractivity contribution is -0.138. The van der Waals surface area contributed by atoms with Gasteiger partial charge in [0.15, 0.2) is 0 Å². The minimum atomic E-state index is -4.32. The minimum absolute atomic E-state index is 0.133. The molecule has 11 heteroatoms. The summed E-state index contributed by atoms with van der Waals surface area (Å²) in [4.78, 5) is 23.9. The molecule has 1 aromatic heterocycles. The number of hydrogen-bond acceptors (Lipinski definition) is 5. The maximum Gasteiger partial charge on any atom is 0.410 e. The van der Waals surface area contributed by atoms with Crippen molar-refractivity contribution in [1.82, 2.24) is 19.9 Å². The lowest BCUT2D eigenvalue weighted by Gasteiger charge is -2.27. The third-order valence-electron chi connectivity index (χ3n) is 2.78. The van der Waals surface area contributed by atoms with Crippen molar-refractivity contribution >= 4 is 12.1 Å². The summed E-state index contributed by atoms with van der Waals surface area (Å²) in [5.74, 6) is -1.12. The van der Waals surface area contributed by atoms with Gasteiger partial charge < -0.3 is 14.7 Å². The molecule has 1 N–H and O–H groups in total. The van der Waals surface area contributed by atoms with Gasteiger partial charge in [0.25, 0.3) is 0 Å². The van der Waals surface area contributed by atoms with Crippen molar-refractivity contribution < 1.29 is 32.6 Å². The fraction of sp³-hybridized carbons (Fsp3) is 0.714. The van der Waals surface area contributed by atoms with Gasteiger partial charge in [-0.1, -0.05) is 5.21 Å². The Kier molecular flexibility index (Phi) is 6.77. The number of alkyl halides is 3. The molecule has 0 aliphatic rings. The van der Waals surface area contributed by atoms with Crippen LogP contribution in [0, 0.1) is 0 Å². The molecular weight excluding hydrogens is 345 g/mol. The van der Waals surface area contributed by atoms with E-state index < -0.39 is 36.8 Å². The predicted molar refractivity (Wildman–Crippen MR) is 79.6 cm³/mol. The van der Waals surface area contributed by atoms with E-state index >= 15 is 0 Å². The summed E-state index contributed by atoms with van der Waals surface area (Å²) in [7, 11) is 0. The topological polar surface area (TPSA) is 97.5 Å². The van der Waals surface area contributed by atoms with Crippen molar-refractivity contribution in [3.63, 3.8) is 0 Å². The summed E-state index contributed by atoms with van der Waals surface area (Å²) in [5, 5.41) is 16.0. The number of aromatic nitrogens is 3. The number of amides is 1. The molecule has 0 radical (unpaired) electrons. The van der Waals surface area contributed by atoms with Crippen molar-refractivity contribution in [2.75, 3.05) is 6.54 Å². The smallest absolute Gasteiger partial charge is 0.410 e. The Labute approximate surface area is 142 Å². The first kappa shape index (κ1) is 20.7. The molecule has 0 unspecified atom stereocenters. The summed E-state index contributed by atoms with van der Waals surface area (Å²) < 4.78 is 43.2. The molecule has 0 fully saturated rings. The van der Waals surface area contributed by atoms with Crippen LogP contribution < -0.4 is 0 Å². The second-order valence-corrected chi connectivity index (χ2v) is 6.42. The molecule has 0 saturated carbocycles. The molecule has 0 aromatic carbocycles. The molecule has 0 aliphatic carbocycles. The highest BCUT2D eigenvalue weighted by atomic mass is 19.4. The van der Waals surface area contributed by atoms with E-state index in [1.54, 1.807) is 20.8 Å². The van der Waals surface area contributed by atoms with Crippen LogP contribution in [0.4, 0.5) is 18.0 Å². The number of aliphatic carboxylic acids is 1. The highest BCUT2D eigenvalue weighted by Gasteiger charge is 2.28. The molecule has 1 heterocycles. The first-order valence-corrected chi connectivity index (χ1v) is 7.51. The molecule has 1 rings (SSSR count). The van der Waals surface area contributed by atoms with Gasteiger partial charge in [0, 0.05) is 13.0 Å². The first-order chi connectivity index (χ1) is 11.4. The Morgan fingerprint density at radius 2 is 1.96 bits per heavy atom. The van der Waals surface area contributed by atoms with E-state index in [0.717, 1.165) is 9.58 Å². The second kappa shape index (κ2) is 8.17. The van der Waals surface area contributed by atoms with E-state index in [1.165, 1.54) is 6.20 Å². The Morgan fingerprint density at radius 3 is 2.48 bits per heavy atom. The monoisotopic (exact) mass is 366 g/mol. The number of carbonyl (C=O) groups is 2. The molecule has 0 saturated heterocycles. The van der Waals surface area contributed by atoms with Gasteiger partial charge in [-0.3, -0.25) is 4.79 Å². The average molecular weight is 366 g/mol. The molecule has 25 heavy (non-hydrogen) atoms. The average Bonchev–Trinajstić information content (AvgIpc) is 2.80. The molecule has 0 bridgehead atoms. The van der Waals surface area contributed by atoms with Crippen LogP contribution in [0.15, 0.2) is 6.20 Å². The fourth-order valence-electron chi connectivity index (χ4n) is 1.85. The quantitative estimate of drug-likeness (QED) is 0.796. The zero-order valence-corrected chi connectivity index (χ0v) is 14.2. The second-order valence-electron chi connectivity index (χ2n) is 6.42. The maximum absolute atomic E-state index is 12.3. The summed E-state index contributed by atoms with van der Waals surface area (Å²) in [6.07, 6.45) is -5.09. The third kappa shape index (κ3) is 8.91. The van der Waals surface area contributed by atoms with Crippen LogP contribution in [0.5, 0.6) is 0 Å². The first-order valence-electron chi connectivity index (χ1n) is 7.51. The van der Waals surface area contributed by atoms with Gasteiger partial charge >= 0.3 is 18.2 Å². The van der Waals surface area contributed by atoms with Crippen molar-refractivity contribution in [2.45, 2.75) is 58.5 Å². The van der Waals surface area contributed by atoms with E-state index in [1.807, 2.05) is 0 Å². The van der Waals surface area contributed by atoms with Gasteiger partial charge in [0.1, 0.15) is 17.8 Å². The summed E-state index contributed by atoms with van der Waals surface area (Å²) >= 11 is 0. The molecular formula is C14H21F3N4O4. The van der Waals surface area contributed by atoms with Gasteiger partial charge in [0.2, 0.25) is 0 Å². The lowest BCUT2D eigenvalue weighted by atomic mass is 10.2. The molecule has 1 aromatic rings. The number of hydrogen-bond donors (Lipinski definition) is 1. The van der Waals surface area contributed by atoms with Gasteiger partial charge in [-0.15, -0.1) is 5.10 Å². The van der Waals surface area contributed by atoms with E-state index in [4.69, 9.17) is 9.84 Å². The highest BCUT2D eigenvalue weighted by molar-refractivity contribution is 5.68. The fourth-order valence-corrected chi connectivity index (χ4v) is 1.85. The van der Waals surface area contributed by atoms with Crippen molar-refractivity contribution in [3.05, 3.63) is 11.9 Å². The van der Waals surface area contributed by atoms with Crippen molar-refractivity contribution in [2.24, 2.45) is 0 Å². The number of halogens is 3. The zero-order chi connectivity index (χ0) is 19.3. The van der Waals surface area contributed by atoms with Crippen LogP contribution in [0.2, 0.25) is 0 Å². The van der Waals surface area contributed by atoms with Crippen molar-refractivity contribution in [1.29, 1.82) is 0 Å². The van der Waals surface area contributed by atoms with Crippen LogP contribution in [-0.2, 0) is 22.6 Å². The Hall–Kier alpha value is -2.33. The van der Waals surface area contributed by atoms with Crippen LogP contribution in [0.3, 0.4) is 0 Å². The van der Waals surface area contributed by atoms with Gasteiger partial charge in [-0.05, 0) is 27.2 Å². The van der Waals surface area contributed by atoms with E-state index in [9.17, 15) is 22.8 Å². The Balaban J connectivity index is 2.77. The zero-order valence-electron chi connectivity index (χ0n) is 14.2. The van der Waals surface area contributed by atoms with E-state index in [0.29, 0.717) is 0 Å². The Bertz CT molecular complexity index is 596. The number of carboxylic acid groups (broad SMARTS) is 1. The van der Waals surface area contributed by atoms with Crippen LogP contribution in [-0.4, -0.2) is 55.4 Å². The van der Waals surface area contributed by atoms with Gasteiger partial charge in [-0.2, -0.15) is 13.2 Å². The van der Waals surface area contributed by atoms with E-state index in [2.05, 4.69) is 10.3 Å². The van der Waals surface area contributed by atoms with Crippen LogP contribution in [0.1, 0.15) is 39.3 Å². The predicted octanol–water partition coefficient (Wildman–Crippen LogP) is 2.44. The maximum atomic E-state index is 12.3. The SMILES string of the molecule is CC(C)(C)OC(=O)N(CCCC(F)(F)F)Cc1cn(CC(=O)O)nn1. The molecule has 8 nitrogen and oxygen atoms in total. The van der Waals surface area contributed by atoms with E-state index in [-0.39, 0.29) is 25.2 Å². The molecule has 1 amide bonds. The number of carboxylic acids is 1. The Morgan fingerprint density at radius 1 is 1.32 bits per heavy atom. The van der Waals surface area contributed by atoms with Gasteiger partial charge in [0.05, 0.1) is 12.7 Å². The molecule has 142 valence electrons. The number of nitrogens with zero attached hydrogens (tertiary/aromatic N) is 4. The summed E-state index contributed by atoms with van der Waals surface area (Å²) in [5.41, 5.74) is -0.556. The number of carbonyl (C=O) groups excluding carboxylic acids is 1. The number of ether oxygens (including phenoxy) is 1. The lowest BCUT2D eigenvalue weighted by Crippen LogP contribution is -2.37. The van der Waals surface area contributed by atoms with Gasteiger partial charge in [-0.25, -0.2) is 9.48 Å². The van der Waals surface area contributed by atoms with Crippen LogP contribution in [0.25, 0.3) is 0 Å².